The number of carbonyl (C=O) groups is 1. The van der Waals surface area contributed by atoms with Crippen LogP contribution in [0.3, 0.4) is 0 Å². The number of nitrogens with one attached hydrogen (secondary N) is 2. The summed E-state index contributed by atoms with van der Waals surface area (Å²) < 4.78 is 10.6. The van der Waals surface area contributed by atoms with Crippen molar-refractivity contribution in [3.05, 3.63) is 29.8 Å². The highest BCUT2D eigenvalue weighted by molar-refractivity contribution is 5.85. The van der Waals surface area contributed by atoms with Crippen LogP contribution in [0.15, 0.2) is 24.3 Å². The fourth-order valence-electron chi connectivity index (χ4n) is 2.24. The Hall–Kier alpha value is -1.30. The van der Waals surface area contributed by atoms with Gasteiger partial charge in [0.1, 0.15) is 12.4 Å². The second-order valence-electron chi connectivity index (χ2n) is 4.82. The van der Waals surface area contributed by atoms with Crippen LogP contribution in [0.5, 0.6) is 5.75 Å². The van der Waals surface area contributed by atoms with E-state index in [4.69, 9.17) is 9.47 Å². The average molecular weight is 315 g/mol. The highest BCUT2D eigenvalue weighted by Crippen LogP contribution is 2.17. The van der Waals surface area contributed by atoms with Crippen LogP contribution in [0.1, 0.15) is 18.4 Å². The summed E-state index contributed by atoms with van der Waals surface area (Å²) in [5.41, 5.74) is 0.981. The molecule has 0 spiro atoms. The zero-order valence-corrected chi connectivity index (χ0v) is 13.1. The molecule has 118 valence electrons. The van der Waals surface area contributed by atoms with E-state index in [0.29, 0.717) is 19.8 Å². The molecule has 0 aromatic heterocycles. The molecule has 2 rings (SSSR count). The minimum atomic E-state index is -0.0448. The van der Waals surface area contributed by atoms with E-state index < -0.39 is 0 Å². The maximum Gasteiger partial charge on any atom is 0.237 e. The summed E-state index contributed by atoms with van der Waals surface area (Å²) in [6, 6.07) is 7.69. The number of hydrogen-bond acceptors (Lipinski definition) is 4. The number of benzene rings is 1. The van der Waals surface area contributed by atoms with Crippen LogP contribution < -0.4 is 15.4 Å². The maximum atomic E-state index is 12.0. The lowest BCUT2D eigenvalue weighted by Gasteiger charge is -2.14. The molecule has 0 saturated carbocycles. The molecule has 1 aliphatic heterocycles. The van der Waals surface area contributed by atoms with E-state index >= 15 is 0 Å². The maximum absolute atomic E-state index is 12.0. The molecule has 0 bridgehead atoms. The SMILES string of the molecule is COCCOc1ccccc1CNC(=O)C1CCCN1.Cl. The van der Waals surface area contributed by atoms with Crippen LogP contribution in [0.4, 0.5) is 0 Å². The van der Waals surface area contributed by atoms with E-state index in [1.807, 2.05) is 24.3 Å². The second-order valence-corrected chi connectivity index (χ2v) is 4.82. The lowest BCUT2D eigenvalue weighted by Crippen LogP contribution is -2.40. The second kappa shape index (κ2) is 9.60. The molecule has 6 heteroatoms. The van der Waals surface area contributed by atoms with E-state index in [1.54, 1.807) is 7.11 Å². The summed E-state index contributed by atoms with van der Waals surface area (Å²) >= 11 is 0. The largest absolute Gasteiger partial charge is 0.491 e. The van der Waals surface area contributed by atoms with Crippen LogP contribution in [0.25, 0.3) is 0 Å². The van der Waals surface area contributed by atoms with Gasteiger partial charge in [-0.1, -0.05) is 18.2 Å². The average Bonchev–Trinajstić information content (AvgIpc) is 3.00. The number of ether oxygens (including phenoxy) is 2. The van der Waals surface area contributed by atoms with Gasteiger partial charge in [-0.15, -0.1) is 12.4 Å². The van der Waals surface area contributed by atoms with E-state index in [9.17, 15) is 4.79 Å². The summed E-state index contributed by atoms with van der Waals surface area (Å²) in [4.78, 5) is 12.0. The summed E-state index contributed by atoms with van der Waals surface area (Å²) in [5.74, 6) is 0.860. The third kappa shape index (κ3) is 5.53. The van der Waals surface area contributed by atoms with Crippen LogP contribution in [0.2, 0.25) is 0 Å². The van der Waals surface area contributed by atoms with Crippen molar-refractivity contribution < 1.29 is 14.3 Å². The van der Waals surface area contributed by atoms with E-state index in [-0.39, 0.29) is 24.4 Å². The number of amides is 1. The van der Waals surface area contributed by atoms with Crippen molar-refractivity contribution in [2.75, 3.05) is 26.9 Å². The number of hydrogen-bond donors (Lipinski definition) is 2. The molecule has 1 fully saturated rings. The standard InChI is InChI=1S/C15H22N2O3.ClH/c1-19-9-10-20-14-7-3-2-5-12(14)11-17-15(18)13-6-4-8-16-13;/h2-3,5,7,13,16H,4,6,8-11H2,1H3,(H,17,18);1H. The quantitative estimate of drug-likeness (QED) is 0.749. The monoisotopic (exact) mass is 314 g/mol. The van der Waals surface area contributed by atoms with Gasteiger partial charge in [0.05, 0.1) is 12.6 Å². The Morgan fingerprint density at radius 1 is 1.38 bits per heavy atom. The molecule has 1 heterocycles. The highest BCUT2D eigenvalue weighted by atomic mass is 35.5. The molecule has 5 nitrogen and oxygen atoms in total. The van der Waals surface area contributed by atoms with Gasteiger partial charge in [0.25, 0.3) is 0 Å². The number of rotatable bonds is 7. The molecule has 1 aromatic carbocycles. The van der Waals surface area contributed by atoms with Crippen molar-refractivity contribution in [2.45, 2.75) is 25.4 Å². The molecule has 1 aliphatic rings. The van der Waals surface area contributed by atoms with Crippen LogP contribution in [0, 0.1) is 0 Å². The minimum Gasteiger partial charge on any atom is -0.491 e. The van der Waals surface area contributed by atoms with E-state index in [0.717, 1.165) is 30.7 Å². The Morgan fingerprint density at radius 3 is 2.90 bits per heavy atom. The van der Waals surface area contributed by atoms with Gasteiger partial charge in [0.15, 0.2) is 0 Å². The predicted octanol–water partition coefficient (Wildman–Crippen LogP) is 1.50. The van der Waals surface area contributed by atoms with Crippen molar-refractivity contribution in [2.24, 2.45) is 0 Å². The van der Waals surface area contributed by atoms with Crippen LogP contribution >= 0.6 is 12.4 Å². The molecule has 0 aliphatic carbocycles. The van der Waals surface area contributed by atoms with Gasteiger partial charge >= 0.3 is 0 Å². The van der Waals surface area contributed by atoms with Crippen LogP contribution in [-0.4, -0.2) is 38.8 Å². The van der Waals surface area contributed by atoms with Crippen molar-refractivity contribution in [1.82, 2.24) is 10.6 Å². The van der Waals surface area contributed by atoms with Crippen molar-refractivity contribution in [3.63, 3.8) is 0 Å². The van der Waals surface area contributed by atoms with E-state index in [2.05, 4.69) is 10.6 Å². The number of methoxy groups -OCH3 is 1. The van der Waals surface area contributed by atoms with E-state index in [1.165, 1.54) is 0 Å². The molecule has 1 amide bonds. The molecule has 1 atom stereocenters. The third-order valence-electron chi connectivity index (χ3n) is 3.35. The van der Waals surface area contributed by atoms with Gasteiger partial charge in [-0.3, -0.25) is 4.79 Å². The fraction of sp³-hybridized carbons (Fsp3) is 0.533. The molecular weight excluding hydrogens is 292 g/mol. The summed E-state index contributed by atoms with van der Waals surface area (Å²) in [6.45, 7) is 2.47. The summed E-state index contributed by atoms with van der Waals surface area (Å²) in [5, 5.41) is 6.15. The highest BCUT2D eigenvalue weighted by Gasteiger charge is 2.21. The first-order chi connectivity index (χ1) is 9.81. The minimum absolute atomic E-state index is 0. The van der Waals surface area contributed by atoms with Crippen molar-refractivity contribution in [1.29, 1.82) is 0 Å². The molecule has 1 unspecified atom stereocenters. The predicted molar refractivity (Wildman–Crippen MR) is 83.9 cm³/mol. The Bertz CT molecular complexity index is 437. The van der Waals surface area contributed by atoms with Crippen molar-refractivity contribution in [3.8, 4) is 5.75 Å². The number of halogens is 1. The lowest BCUT2D eigenvalue weighted by molar-refractivity contribution is -0.122. The van der Waals surface area contributed by atoms with Gasteiger partial charge in [-0.05, 0) is 25.5 Å². The number of para-hydroxylation sites is 1. The smallest absolute Gasteiger partial charge is 0.237 e. The Morgan fingerprint density at radius 2 is 2.19 bits per heavy atom. The summed E-state index contributed by atoms with van der Waals surface area (Å²) in [6.07, 6.45) is 1.98. The van der Waals surface area contributed by atoms with Gasteiger partial charge in [-0.25, -0.2) is 0 Å². The first-order valence-electron chi connectivity index (χ1n) is 7.02. The lowest BCUT2D eigenvalue weighted by atomic mass is 10.2. The Kier molecular flexibility index (Phi) is 8.12. The van der Waals surface area contributed by atoms with Crippen molar-refractivity contribution >= 4 is 18.3 Å². The normalized spacial score (nSPS) is 17.1. The molecule has 21 heavy (non-hydrogen) atoms. The van der Waals surface area contributed by atoms with Crippen LogP contribution in [-0.2, 0) is 16.1 Å². The zero-order chi connectivity index (χ0) is 14.2. The molecule has 2 N–H and O–H groups in total. The molecule has 0 radical (unpaired) electrons. The fourth-order valence-corrected chi connectivity index (χ4v) is 2.24. The number of carbonyl (C=O) groups excluding carboxylic acids is 1. The third-order valence-corrected chi connectivity index (χ3v) is 3.35. The summed E-state index contributed by atoms with van der Waals surface area (Å²) in [7, 11) is 1.64. The van der Waals surface area contributed by atoms with Gasteiger partial charge in [0.2, 0.25) is 5.91 Å². The molecule has 1 aromatic rings. The molecular formula is C15H23ClN2O3. The Labute approximate surface area is 131 Å². The Balaban J connectivity index is 0.00000220. The first kappa shape index (κ1) is 17.8. The van der Waals surface area contributed by atoms with Gasteiger partial charge in [0, 0.05) is 19.2 Å². The van der Waals surface area contributed by atoms with Gasteiger partial charge < -0.3 is 20.1 Å². The first-order valence-corrected chi connectivity index (χ1v) is 7.02. The van der Waals surface area contributed by atoms with Gasteiger partial charge in [-0.2, -0.15) is 0 Å². The molecule has 1 saturated heterocycles. The zero-order valence-electron chi connectivity index (χ0n) is 12.3. The topological polar surface area (TPSA) is 59.6 Å².